The molecular weight excluding hydrogens is 518 g/mol. The first-order valence-electron chi connectivity index (χ1n) is 13.8. The number of nitrogens with one attached hydrogen (secondary N) is 3. The van der Waals surface area contributed by atoms with E-state index in [2.05, 4.69) is 16.0 Å². The van der Waals surface area contributed by atoms with Gasteiger partial charge in [0.1, 0.15) is 23.7 Å². The Morgan fingerprint density at radius 1 is 1.03 bits per heavy atom. The van der Waals surface area contributed by atoms with Crippen molar-refractivity contribution >= 4 is 35.6 Å². The van der Waals surface area contributed by atoms with Crippen LogP contribution in [0.2, 0.25) is 0 Å². The number of thioether (sulfide) groups is 1. The Bertz CT molecular complexity index is 961. The highest BCUT2D eigenvalue weighted by Crippen LogP contribution is 2.22. The fourth-order valence-electron chi connectivity index (χ4n) is 4.25. The van der Waals surface area contributed by atoms with E-state index in [1.807, 2.05) is 38.1 Å². The van der Waals surface area contributed by atoms with Crippen molar-refractivity contribution in [3.05, 3.63) is 29.8 Å². The summed E-state index contributed by atoms with van der Waals surface area (Å²) in [6.07, 6.45) is 4.08. The number of carbonyl (C=O) groups is 4. The van der Waals surface area contributed by atoms with Crippen molar-refractivity contribution in [3.63, 3.8) is 0 Å². The molecule has 3 rings (SSSR count). The molecule has 0 saturated carbocycles. The van der Waals surface area contributed by atoms with Crippen LogP contribution in [0.25, 0.3) is 0 Å². The molecule has 3 atom stereocenters. The lowest BCUT2D eigenvalue weighted by Crippen LogP contribution is -2.56. The van der Waals surface area contributed by atoms with E-state index in [0.29, 0.717) is 12.8 Å². The van der Waals surface area contributed by atoms with Crippen LogP contribution in [-0.2, 0) is 30.3 Å². The molecule has 0 unspecified atom stereocenters. The first-order valence-corrected chi connectivity index (χ1v) is 14.8. The Kier molecular flexibility index (Phi) is 13.1. The van der Waals surface area contributed by atoms with Gasteiger partial charge >= 0.3 is 12.1 Å². The normalized spacial score (nSPS) is 22.1. The second kappa shape index (κ2) is 15.7. The predicted molar refractivity (Wildman–Crippen MR) is 152 cm³/mol. The van der Waals surface area contributed by atoms with Gasteiger partial charge in [0.05, 0.1) is 7.11 Å². The van der Waals surface area contributed by atoms with E-state index in [1.54, 1.807) is 32.5 Å². The molecule has 0 aromatic heterocycles. The number of carbonyl (C=O) groups excluding carboxylic acids is 4. The standard InChI is InChI=1S/C29H45N3O6S/c1-19(2)17-23-25(33)30-22(27(35)37-6)11-9-7-8-10-16-39-21-14-12-20(13-15-21)18-24(26(34)31-23)32-28(36)38-29(3,4)5/h12-15,19,22-24H,7-11,16-18H2,1-6H3,(H,30,33)(H,31,34)(H,32,36)/t22-,23+,24+/m1/s1. The Balaban J connectivity index is 2.35. The smallest absolute Gasteiger partial charge is 0.408 e. The van der Waals surface area contributed by atoms with Crippen LogP contribution in [-0.4, -0.2) is 60.5 Å². The molecule has 2 heterocycles. The lowest BCUT2D eigenvalue weighted by Gasteiger charge is -2.27. The largest absolute Gasteiger partial charge is 0.467 e. The van der Waals surface area contributed by atoms with Crippen molar-refractivity contribution in [3.8, 4) is 0 Å². The van der Waals surface area contributed by atoms with Crippen molar-refractivity contribution < 1.29 is 28.7 Å². The molecule has 218 valence electrons. The predicted octanol–water partition coefficient (Wildman–Crippen LogP) is 4.37. The van der Waals surface area contributed by atoms with Crippen LogP contribution < -0.4 is 16.0 Å². The maximum absolute atomic E-state index is 13.5. The second-order valence-electron chi connectivity index (χ2n) is 11.4. The number of methoxy groups -OCH3 is 1. The maximum Gasteiger partial charge on any atom is 0.408 e. The number of hydrogen-bond donors (Lipinski definition) is 3. The summed E-state index contributed by atoms with van der Waals surface area (Å²) in [4.78, 5) is 53.0. The average Bonchev–Trinajstić information content (AvgIpc) is 2.85. The lowest BCUT2D eigenvalue weighted by atomic mass is 10.00. The zero-order chi connectivity index (χ0) is 29.0. The van der Waals surface area contributed by atoms with E-state index in [4.69, 9.17) is 9.47 Å². The van der Waals surface area contributed by atoms with Crippen LogP contribution in [0, 0.1) is 5.92 Å². The van der Waals surface area contributed by atoms with E-state index >= 15 is 0 Å². The summed E-state index contributed by atoms with van der Waals surface area (Å²) in [6, 6.07) is 5.28. The van der Waals surface area contributed by atoms with Crippen LogP contribution in [0.5, 0.6) is 0 Å². The number of amides is 3. The zero-order valence-electron chi connectivity index (χ0n) is 24.1. The Labute approximate surface area is 236 Å². The molecule has 0 radical (unpaired) electrons. The third-order valence-corrected chi connectivity index (χ3v) is 7.27. The van der Waals surface area contributed by atoms with Gasteiger partial charge in [-0.1, -0.05) is 45.2 Å². The second-order valence-corrected chi connectivity index (χ2v) is 12.5. The first-order chi connectivity index (χ1) is 18.4. The highest BCUT2D eigenvalue weighted by Gasteiger charge is 2.31. The molecule has 2 bridgehead atoms. The van der Waals surface area contributed by atoms with E-state index in [0.717, 1.165) is 41.9 Å². The zero-order valence-corrected chi connectivity index (χ0v) is 24.9. The van der Waals surface area contributed by atoms with Gasteiger partial charge in [0.2, 0.25) is 11.8 Å². The highest BCUT2D eigenvalue weighted by atomic mass is 32.2. The van der Waals surface area contributed by atoms with Crippen LogP contribution in [0.1, 0.15) is 78.7 Å². The third-order valence-electron chi connectivity index (χ3n) is 6.17. The van der Waals surface area contributed by atoms with Gasteiger partial charge in [-0.15, -0.1) is 11.8 Å². The molecular formula is C29H45N3O6S. The minimum Gasteiger partial charge on any atom is -0.467 e. The van der Waals surface area contributed by atoms with Gasteiger partial charge in [0.25, 0.3) is 0 Å². The molecule has 0 spiro atoms. The minimum atomic E-state index is -0.973. The van der Waals surface area contributed by atoms with Crippen molar-refractivity contribution in [1.82, 2.24) is 16.0 Å². The number of rotatable bonds is 4. The summed E-state index contributed by atoms with van der Waals surface area (Å²) in [6.45, 7) is 9.13. The molecule has 3 N–H and O–H groups in total. The van der Waals surface area contributed by atoms with Gasteiger partial charge in [-0.3, -0.25) is 9.59 Å². The molecule has 0 saturated heterocycles. The fourth-order valence-corrected chi connectivity index (χ4v) is 5.16. The summed E-state index contributed by atoms with van der Waals surface area (Å²) in [5, 5.41) is 8.30. The van der Waals surface area contributed by atoms with Crippen LogP contribution >= 0.6 is 11.8 Å². The van der Waals surface area contributed by atoms with E-state index in [1.165, 1.54) is 7.11 Å². The molecule has 1 aromatic rings. The van der Waals surface area contributed by atoms with Gasteiger partial charge in [-0.25, -0.2) is 9.59 Å². The highest BCUT2D eigenvalue weighted by molar-refractivity contribution is 7.99. The van der Waals surface area contributed by atoms with E-state index in [-0.39, 0.29) is 12.3 Å². The van der Waals surface area contributed by atoms with Gasteiger partial charge in [0.15, 0.2) is 0 Å². The molecule has 3 amide bonds. The summed E-state index contributed by atoms with van der Waals surface area (Å²) in [5.41, 5.74) is 0.125. The van der Waals surface area contributed by atoms with Gasteiger partial charge in [-0.05, 0) is 69.4 Å². The topological polar surface area (TPSA) is 123 Å². The van der Waals surface area contributed by atoms with Crippen LogP contribution in [0.4, 0.5) is 4.79 Å². The SMILES string of the molecule is COC(=O)[C@H]1CCCCCCSc2ccc(cc2)C[C@H](NC(=O)OC(C)(C)C)C(=O)N[C@@H](CC(C)C)C(=O)N1. The molecule has 0 aliphatic carbocycles. The van der Waals surface area contributed by atoms with Crippen LogP contribution in [0.3, 0.4) is 0 Å². The van der Waals surface area contributed by atoms with E-state index in [9.17, 15) is 19.2 Å². The molecule has 9 nitrogen and oxygen atoms in total. The van der Waals surface area contributed by atoms with Gasteiger partial charge in [0, 0.05) is 11.3 Å². The van der Waals surface area contributed by atoms with E-state index < -0.39 is 47.6 Å². The molecule has 2 aliphatic rings. The number of esters is 1. The molecule has 1 aromatic carbocycles. The maximum atomic E-state index is 13.5. The monoisotopic (exact) mass is 563 g/mol. The summed E-state index contributed by atoms with van der Waals surface area (Å²) < 4.78 is 10.3. The quantitative estimate of drug-likeness (QED) is 0.465. The Hall–Kier alpha value is -2.75. The number of fused-ring (bicyclic) bond motifs is 16. The number of alkyl carbamates (subject to hydrolysis) is 1. The molecule has 2 aliphatic heterocycles. The minimum absolute atomic E-state index is 0.0848. The molecule has 10 heteroatoms. The first kappa shape index (κ1) is 32.5. The summed E-state index contributed by atoms with van der Waals surface area (Å²) in [7, 11) is 1.30. The van der Waals surface area contributed by atoms with Crippen LogP contribution in [0.15, 0.2) is 29.2 Å². The Morgan fingerprint density at radius 3 is 2.31 bits per heavy atom. The lowest BCUT2D eigenvalue weighted by molar-refractivity contribution is -0.145. The van der Waals surface area contributed by atoms with Crippen molar-refractivity contribution in [2.75, 3.05) is 12.9 Å². The van der Waals surface area contributed by atoms with Crippen molar-refractivity contribution in [2.24, 2.45) is 5.92 Å². The summed E-state index contributed by atoms with van der Waals surface area (Å²) >= 11 is 1.77. The van der Waals surface area contributed by atoms with Gasteiger partial charge in [-0.2, -0.15) is 0 Å². The molecule has 39 heavy (non-hydrogen) atoms. The number of hydrogen-bond acceptors (Lipinski definition) is 7. The molecule has 0 fully saturated rings. The van der Waals surface area contributed by atoms with Crippen molar-refractivity contribution in [1.29, 1.82) is 0 Å². The van der Waals surface area contributed by atoms with Gasteiger partial charge < -0.3 is 25.4 Å². The third kappa shape index (κ3) is 12.3. The fraction of sp³-hybridized carbons (Fsp3) is 0.655. The van der Waals surface area contributed by atoms with Crippen molar-refractivity contribution in [2.45, 2.75) is 108 Å². The Morgan fingerprint density at radius 2 is 1.69 bits per heavy atom. The number of benzene rings is 1. The average molecular weight is 564 g/mol. The number of ether oxygens (including phenoxy) is 2. The summed E-state index contributed by atoms with van der Waals surface area (Å²) in [5.74, 6) is -0.416.